The highest BCUT2D eigenvalue weighted by Gasteiger charge is 2.09. The molecule has 0 saturated heterocycles. The molecule has 0 aromatic heterocycles. The molecule has 0 aromatic carbocycles. The first kappa shape index (κ1) is 11.9. The van der Waals surface area contributed by atoms with Gasteiger partial charge in [0, 0.05) is 6.42 Å². The second-order valence-corrected chi connectivity index (χ2v) is 3.08. The SMILES string of the molecule is C=C(C)COC(=O)CC(=O)CCC. The minimum Gasteiger partial charge on any atom is -0.461 e. The second kappa shape index (κ2) is 6.40. The number of hydrogen-bond donors (Lipinski definition) is 0. The zero-order valence-corrected chi connectivity index (χ0v) is 8.26. The molecule has 0 aliphatic carbocycles. The van der Waals surface area contributed by atoms with Gasteiger partial charge in [-0.05, 0) is 18.9 Å². The van der Waals surface area contributed by atoms with Gasteiger partial charge in [-0.1, -0.05) is 13.5 Å². The van der Waals surface area contributed by atoms with Gasteiger partial charge in [0.2, 0.25) is 0 Å². The van der Waals surface area contributed by atoms with Crippen LogP contribution in [0.5, 0.6) is 0 Å². The van der Waals surface area contributed by atoms with E-state index >= 15 is 0 Å². The molecule has 0 aromatic rings. The van der Waals surface area contributed by atoms with Gasteiger partial charge in [0.15, 0.2) is 0 Å². The fourth-order valence-corrected chi connectivity index (χ4v) is 0.783. The molecule has 0 saturated carbocycles. The highest BCUT2D eigenvalue weighted by molar-refractivity contribution is 5.95. The lowest BCUT2D eigenvalue weighted by Gasteiger charge is -2.02. The van der Waals surface area contributed by atoms with Crippen LogP contribution >= 0.6 is 0 Å². The lowest BCUT2D eigenvalue weighted by molar-refractivity contribution is -0.145. The Morgan fingerprint density at radius 3 is 2.46 bits per heavy atom. The summed E-state index contributed by atoms with van der Waals surface area (Å²) >= 11 is 0. The number of carbonyl (C=O) groups excluding carboxylic acids is 2. The largest absolute Gasteiger partial charge is 0.461 e. The standard InChI is InChI=1S/C10H16O3/c1-4-5-9(11)6-10(12)13-7-8(2)3/h2,4-7H2,1,3H3. The van der Waals surface area contributed by atoms with Crippen LogP contribution in [0.25, 0.3) is 0 Å². The van der Waals surface area contributed by atoms with E-state index in [0.717, 1.165) is 12.0 Å². The van der Waals surface area contributed by atoms with Gasteiger partial charge in [-0.2, -0.15) is 0 Å². The molecule has 0 fully saturated rings. The number of ether oxygens (including phenoxy) is 1. The molecule has 0 atom stereocenters. The van der Waals surface area contributed by atoms with Gasteiger partial charge in [-0.3, -0.25) is 9.59 Å². The van der Waals surface area contributed by atoms with E-state index in [1.165, 1.54) is 0 Å². The van der Waals surface area contributed by atoms with Crippen LogP contribution in [0.2, 0.25) is 0 Å². The smallest absolute Gasteiger partial charge is 0.313 e. The Morgan fingerprint density at radius 1 is 1.38 bits per heavy atom. The molecular weight excluding hydrogens is 168 g/mol. The van der Waals surface area contributed by atoms with Gasteiger partial charge in [-0.25, -0.2) is 0 Å². The third-order valence-electron chi connectivity index (χ3n) is 1.35. The second-order valence-electron chi connectivity index (χ2n) is 3.08. The average Bonchev–Trinajstić information content (AvgIpc) is 2.01. The molecule has 0 spiro atoms. The van der Waals surface area contributed by atoms with E-state index < -0.39 is 5.97 Å². The number of ketones is 1. The fraction of sp³-hybridized carbons (Fsp3) is 0.600. The van der Waals surface area contributed by atoms with E-state index in [0.29, 0.717) is 6.42 Å². The van der Waals surface area contributed by atoms with E-state index in [1.54, 1.807) is 6.92 Å². The summed E-state index contributed by atoms with van der Waals surface area (Å²) in [5.41, 5.74) is 0.774. The van der Waals surface area contributed by atoms with Crippen molar-refractivity contribution in [3.63, 3.8) is 0 Å². The summed E-state index contributed by atoms with van der Waals surface area (Å²) in [6, 6.07) is 0. The fourth-order valence-electron chi connectivity index (χ4n) is 0.783. The van der Waals surface area contributed by atoms with Crippen LogP contribution < -0.4 is 0 Å². The first-order chi connectivity index (χ1) is 6.06. The minimum atomic E-state index is -0.457. The van der Waals surface area contributed by atoms with Crippen LogP contribution in [0.4, 0.5) is 0 Å². The molecule has 0 rings (SSSR count). The molecule has 0 aliphatic heterocycles. The Bertz CT molecular complexity index is 206. The third-order valence-corrected chi connectivity index (χ3v) is 1.35. The lowest BCUT2D eigenvalue weighted by Crippen LogP contribution is -2.11. The van der Waals surface area contributed by atoms with E-state index in [1.807, 2.05) is 6.92 Å². The molecule has 0 radical (unpaired) electrons. The lowest BCUT2D eigenvalue weighted by atomic mass is 10.2. The number of carbonyl (C=O) groups is 2. The Kier molecular flexibility index (Phi) is 5.85. The maximum atomic E-state index is 11.0. The van der Waals surface area contributed by atoms with Crippen LogP contribution in [0.15, 0.2) is 12.2 Å². The summed E-state index contributed by atoms with van der Waals surface area (Å²) < 4.78 is 4.76. The predicted octanol–water partition coefficient (Wildman–Crippen LogP) is 1.86. The van der Waals surface area contributed by atoms with Crippen LogP contribution in [-0.2, 0) is 14.3 Å². The first-order valence-corrected chi connectivity index (χ1v) is 4.38. The molecule has 0 bridgehead atoms. The Morgan fingerprint density at radius 2 is 2.00 bits per heavy atom. The molecule has 0 amide bonds. The van der Waals surface area contributed by atoms with Crippen LogP contribution in [0, 0.1) is 0 Å². The predicted molar refractivity (Wildman–Crippen MR) is 50.3 cm³/mol. The number of hydrogen-bond acceptors (Lipinski definition) is 3. The molecule has 3 heteroatoms. The number of Topliss-reactive ketones (excluding diaryl/α,β-unsaturated/α-hetero) is 1. The summed E-state index contributed by atoms with van der Waals surface area (Å²) in [5, 5.41) is 0. The molecule has 0 unspecified atom stereocenters. The maximum absolute atomic E-state index is 11.0. The van der Waals surface area contributed by atoms with Gasteiger partial charge >= 0.3 is 5.97 Å². The molecule has 13 heavy (non-hydrogen) atoms. The van der Waals surface area contributed by atoms with Crippen molar-refractivity contribution in [2.24, 2.45) is 0 Å². The van der Waals surface area contributed by atoms with E-state index in [2.05, 4.69) is 6.58 Å². The zero-order chi connectivity index (χ0) is 10.3. The number of rotatable bonds is 6. The van der Waals surface area contributed by atoms with Crippen molar-refractivity contribution in [3.05, 3.63) is 12.2 Å². The van der Waals surface area contributed by atoms with Gasteiger partial charge in [-0.15, -0.1) is 0 Å². The van der Waals surface area contributed by atoms with Crippen molar-refractivity contribution in [2.75, 3.05) is 6.61 Å². The zero-order valence-electron chi connectivity index (χ0n) is 8.26. The van der Waals surface area contributed by atoms with Crippen LogP contribution in [0.3, 0.4) is 0 Å². The third kappa shape index (κ3) is 7.25. The van der Waals surface area contributed by atoms with E-state index in [4.69, 9.17) is 4.74 Å². The molecular formula is C10H16O3. The minimum absolute atomic E-state index is 0.0609. The topological polar surface area (TPSA) is 43.4 Å². The van der Waals surface area contributed by atoms with E-state index in [9.17, 15) is 9.59 Å². The van der Waals surface area contributed by atoms with Gasteiger partial charge in [0.25, 0.3) is 0 Å². The Labute approximate surface area is 78.8 Å². The Hall–Kier alpha value is -1.12. The first-order valence-electron chi connectivity index (χ1n) is 4.38. The monoisotopic (exact) mass is 184 g/mol. The van der Waals surface area contributed by atoms with Crippen molar-refractivity contribution in [1.29, 1.82) is 0 Å². The van der Waals surface area contributed by atoms with Crippen LogP contribution in [-0.4, -0.2) is 18.4 Å². The molecule has 3 nitrogen and oxygen atoms in total. The highest BCUT2D eigenvalue weighted by Crippen LogP contribution is 1.97. The number of esters is 1. The van der Waals surface area contributed by atoms with Crippen LogP contribution in [0.1, 0.15) is 33.1 Å². The van der Waals surface area contributed by atoms with Crippen molar-refractivity contribution < 1.29 is 14.3 Å². The summed E-state index contributed by atoms with van der Waals surface area (Å²) in [6.45, 7) is 7.45. The highest BCUT2D eigenvalue weighted by atomic mass is 16.5. The summed E-state index contributed by atoms with van der Waals surface area (Å²) in [5.74, 6) is -0.518. The summed E-state index contributed by atoms with van der Waals surface area (Å²) in [6.07, 6.45) is 1.11. The van der Waals surface area contributed by atoms with Crippen molar-refractivity contribution in [2.45, 2.75) is 33.1 Å². The molecule has 0 N–H and O–H groups in total. The van der Waals surface area contributed by atoms with Crippen molar-refractivity contribution in [3.8, 4) is 0 Å². The van der Waals surface area contributed by atoms with Crippen molar-refractivity contribution in [1.82, 2.24) is 0 Å². The molecule has 0 aliphatic rings. The van der Waals surface area contributed by atoms with Gasteiger partial charge in [0.1, 0.15) is 18.8 Å². The molecule has 74 valence electrons. The summed E-state index contributed by atoms with van der Waals surface area (Å²) in [4.78, 5) is 21.9. The average molecular weight is 184 g/mol. The van der Waals surface area contributed by atoms with Gasteiger partial charge in [0.05, 0.1) is 0 Å². The Balaban J connectivity index is 3.62. The maximum Gasteiger partial charge on any atom is 0.313 e. The summed E-state index contributed by atoms with van der Waals surface area (Å²) in [7, 11) is 0. The van der Waals surface area contributed by atoms with Crippen molar-refractivity contribution >= 4 is 11.8 Å². The normalized spacial score (nSPS) is 9.38. The van der Waals surface area contributed by atoms with E-state index in [-0.39, 0.29) is 18.8 Å². The molecule has 0 heterocycles. The van der Waals surface area contributed by atoms with Gasteiger partial charge < -0.3 is 4.74 Å². The quantitative estimate of drug-likeness (QED) is 0.359.